The lowest BCUT2D eigenvalue weighted by molar-refractivity contribution is -0.124. The number of aromatic nitrogens is 3. The minimum atomic E-state index is -0.642. The van der Waals surface area contributed by atoms with Crippen molar-refractivity contribution in [3.8, 4) is 5.69 Å². The van der Waals surface area contributed by atoms with Crippen molar-refractivity contribution in [2.75, 3.05) is 0 Å². The van der Waals surface area contributed by atoms with Gasteiger partial charge >= 0.3 is 0 Å². The Kier molecular flexibility index (Phi) is 7.31. The molecular weight excluding hydrogens is 414 g/mol. The lowest BCUT2D eigenvalue weighted by Gasteiger charge is -2.24. The van der Waals surface area contributed by atoms with Gasteiger partial charge in [-0.25, -0.2) is 9.67 Å². The van der Waals surface area contributed by atoms with Gasteiger partial charge in [0.1, 0.15) is 18.7 Å². The normalized spacial score (nSPS) is 13.4. The number of hydrogen-bond donors (Lipinski definition) is 2. The summed E-state index contributed by atoms with van der Waals surface area (Å²) in [4.78, 5) is 29.8. The fourth-order valence-corrected chi connectivity index (χ4v) is 3.52. The van der Waals surface area contributed by atoms with Gasteiger partial charge in [-0.1, -0.05) is 58.9 Å². The van der Waals surface area contributed by atoms with E-state index in [2.05, 4.69) is 41.5 Å². The predicted molar refractivity (Wildman–Crippen MR) is 129 cm³/mol. The van der Waals surface area contributed by atoms with Gasteiger partial charge in [0.25, 0.3) is 5.91 Å². The summed E-state index contributed by atoms with van der Waals surface area (Å²) >= 11 is 0. The second-order valence-electron chi connectivity index (χ2n) is 9.68. The average Bonchev–Trinajstić information content (AvgIpc) is 3.31. The highest BCUT2D eigenvalue weighted by molar-refractivity contribution is 5.97. The number of carbonyl (C=O) groups excluding carboxylic acids is 2. The Morgan fingerprint density at radius 2 is 1.55 bits per heavy atom. The summed E-state index contributed by atoms with van der Waals surface area (Å²) in [5.41, 5.74) is 3.55. The van der Waals surface area contributed by atoms with Gasteiger partial charge in [-0.15, -0.1) is 0 Å². The summed E-state index contributed by atoms with van der Waals surface area (Å²) in [6, 6.07) is 14.4. The molecule has 0 aliphatic heterocycles. The molecule has 0 spiro atoms. The Morgan fingerprint density at radius 1 is 0.909 bits per heavy atom. The van der Waals surface area contributed by atoms with Crippen LogP contribution >= 0.6 is 0 Å². The van der Waals surface area contributed by atoms with E-state index in [9.17, 15) is 9.59 Å². The first kappa shape index (κ1) is 24.2. The second-order valence-corrected chi connectivity index (χ2v) is 9.68. The van der Waals surface area contributed by atoms with Gasteiger partial charge in [0.2, 0.25) is 5.91 Å². The molecule has 0 saturated carbocycles. The number of benzene rings is 2. The van der Waals surface area contributed by atoms with Gasteiger partial charge in [0, 0.05) is 5.56 Å². The molecule has 2 aromatic carbocycles. The quantitative estimate of drug-likeness (QED) is 0.568. The molecule has 7 nitrogen and oxygen atoms in total. The van der Waals surface area contributed by atoms with E-state index in [0.717, 1.165) is 16.8 Å². The SMILES string of the molecule is CC(C)[C@H](NC(=O)c1ccc(C(C)(C)C)cc1)C(=O)N[C@H](C)c1ccc(-n2cncn2)cc1. The molecular formula is C26H33N5O2. The van der Waals surface area contributed by atoms with Gasteiger partial charge in [0.05, 0.1) is 11.7 Å². The van der Waals surface area contributed by atoms with Crippen molar-refractivity contribution in [2.45, 2.75) is 59.0 Å². The summed E-state index contributed by atoms with van der Waals surface area (Å²) < 4.78 is 1.67. The fraction of sp³-hybridized carbons (Fsp3) is 0.385. The highest BCUT2D eigenvalue weighted by Crippen LogP contribution is 2.22. The molecule has 33 heavy (non-hydrogen) atoms. The molecule has 1 heterocycles. The molecule has 174 valence electrons. The zero-order chi connectivity index (χ0) is 24.2. The second kappa shape index (κ2) is 9.98. The summed E-state index contributed by atoms with van der Waals surface area (Å²) in [6.07, 6.45) is 3.11. The van der Waals surface area contributed by atoms with Gasteiger partial charge in [-0.05, 0) is 53.6 Å². The first-order chi connectivity index (χ1) is 15.6. The predicted octanol–water partition coefficient (Wildman–Crippen LogP) is 4.20. The Balaban J connectivity index is 1.65. The molecule has 2 amide bonds. The van der Waals surface area contributed by atoms with Crippen molar-refractivity contribution in [2.24, 2.45) is 5.92 Å². The molecule has 0 bridgehead atoms. The molecule has 3 rings (SSSR count). The van der Waals surface area contributed by atoms with E-state index in [1.165, 1.54) is 6.33 Å². The van der Waals surface area contributed by atoms with Crippen LogP contribution in [-0.2, 0) is 10.2 Å². The number of nitrogens with zero attached hydrogens (tertiary/aromatic N) is 3. The Morgan fingerprint density at radius 3 is 2.06 bits per heavy atom. The number of amides is 2. The number of carbonyl (C=O) groups is 2. The van der Waals surface area contributed by atoms with Crippen LogP contribution in [0.5, 0.6) is 0 Å². The van der Waals surface area contributed by atoms with Crippen LogP contribution in [0.1, 0.15) is 69.1 Å². The Hall–Kier alpha value is -3.48. The van der Waals surface area contributed by atoms with Crippen LogP contribution in [0.4, 0.5) is 0 Å². The Labute approximate surface area is 195 Å². The van der Waals surface area contributed by atoms with Crippen LogP contribution in [0, 0.1) is 5.92 Å². The zero-order valence-electron chi connectivity index (χ0n) is 20.2. The molecule has 0 unspecified atom stereocenters. The van der Waals surface area contributed by atoms with Crippen molar-refractivity contribution in [1.82, 2.24) is 25.4 Å². The van der Waals surface area contributed by atoms with Crippen molar-refractivity contribution in [3.05, 3.63) is 77.9 Å². The molecule has 0 fully saturated rings. The van der Waals surface area contributed by atoms with E-state index in [4.69, 9.17) is 0 Å². The molecule has 2 atom stereocenters. The lowest BCUT2D eigenvalue weighted by Crippen LogP contribution is -2.50. The van der Waals surface area contributed by atoms with Crippen molar-refractivity contribution in [1.29, 1.82) is 0 Å². The highest BCUT2D eigenvalue weighted by Gasteiger charge is 2.26. The van der Waals surface area contributed by atoms with Crippen LogP contribution in [0.2, 0.25) is 0 Å². The van der Waals surface area contributed by atoms with E-state index in [1.807, 2.05) is 69.3 Å². The average molecular weight is 448 g/mol. The maximum absolute atomic E-state index is 13.0. The van der Waals surface area contributed by atoms with Crippen LogP contribution in [0.15, 0.2) is 61.2 Å². The van der Waals surface area contributed by atoms with E-state index in [1.54, 1.807) is 11.0 Å². The molecule has 0 aliphatic carbocycles. The number of nitrogens with one attached hydrogen (secondary N) is 2. The van der Waals surface area contributed by atoms with E-state index in [-0.39, 0.29) is 29.2 Å². The first-order valence-corrected chi connectivity index (χ1v) is 11.2. The standard InChI is InChI=1S/C26H33N5O2/c1-17(2)23(30-24(32)20-7-11-21(12-8-20)26(4,5)6)25(33)29-18(3)19-9-13-22(14-10-19)31-16-27-15-28-31/h7-18,23H,1-6H3,(H,29,33)(H,30,32)/t18-,23+/m1/s1. The molecule has 0 saturated heterocycles. The summed E-state index contributed by atoms with van der Waals surface area (Å²) in [5, 5.41) is 10.1. The van der Waals surface area contributed by atoms with Crippen LogP contribution in [0.25, 0.3) is 5.69 Å². The van der Waals surface area contributed by atoms with E-state index in [0.29, 0.717) is 5.56 Å². The first-order valence-electron chi connectivity index (χ1n) is 11.2. The Bertz CT molecular complexity index is 1070. The maximum Gasteiger partial charge on any atom is 0.251 e. The van der Waals surface area contributed by atoms with Crippen LogP contribution in [0.3, 0.4) is 0 Å². The van der Waals surface area contributed by atoms with Gasteiger partial charge < -0.3 is 10.6 Å². The third kappa shape index (κ3) is 6.06. The van der Waals surface area contributed by atoms with Crippen molar-refractivity contribution in [3.63, 3.8) is 0 Å². The third-order valence-corrected chi connectivity index (χ3v) is 5.68. The summed E-state index contributed by atoms with van der Waals surface area (Å²) in [5.74, 6) is -0.531. The summed E-state index contributed by atoms with van der Waals surface area (Å²) in [6.45, 7) is 12.2. The number of hydrogen-bond acceptors (Lipinski definition) is 4. The molecule has 3 aromatic rings. The molecule has 7 heteroatoms. The monoisotopic (exact) mass is 447 g/mol. The van der Waals surface area contributed by atoms with Gasteiger partial charge in [-0.2, -0.15) is 5.10 Å². The number of rotatable bonds is 7. The van der Waals surface area contributed by atoms with Gasteiger partial charge in [0.15, 0.2) is 0 Å². The van der Waals surface area contributed by atoms with E-state index >= 15 is 0 Å². The highest BCUT2D eigenvalue weighted by atomic mass is 16.2. The lowest BCUT2D eigenvalue weighted by atomic mass is 9.86. The fourth-order valence-electron chi connectivity index (χ4n) is 3.52. The van der Waals surface area contributed by atoms with E-state index < -0.39 is 6.04 Å². The molecule has 2 N–H and O–H groups in total. The third-order valence-electron chi connectivity index (χ3n) is 5.68. The van der Waals surface area contributed by atoms with Crippen LogP contribution < -0.4 is 10.6 Å². The maximum atomic E-state index is 13.0. The molecule has 0 aliphatic rings. The van der Waals surface area contributed by atoms with Crippen LogP contribution in [-0.4, -0.2) is 32.6 Å². The zero-order valence-corrected chi connectivity index (χ0v) is 20.2. The minimum absolute atomic E-state index is 0.0129. The summed E-state index contributed by atoms with van der Waals surface area (Å²) in [7, 11) is 0. The largest absolute Gasteiger partial charge is 0.348 e. The van der Waals surface area contributed by atoms with Crippen molar-refractivity contribution < 1.29 is 9.59 Å². The van der Waals surface area contributed by atoms with Gasteiger partial charge in [-0.3, -0.25) is 9.59 Å². The topological polar surface area (TPSA) is 88.9 Å². The van der Waals surface area contributed by atoms with Crippen molar-refractivity contribution >= 4 is 11.8 Å². The minimum Gasteiger partial charge on any atom is -0.348 e. The molecule has 1 aromatic heterocycles. The smallest absolute Gasteiger partial charge is 0.251 e. The molecule has 0 radical (unpaired) electrons.